The highest BCUT2D eigenvalue weighted by Crippen LogP contribution is 2.32. The van der Waals surface area contributed by atoms with E-state index in [0.29, 0.717) is 5.92 Å². The fraction of sp³-hybridized carbons (Fsp3) is 1.00. The molecule has 0 aliphatic heterocycles. The van der Waals surface area contributed by atoms with Gasteiger partial charge in [0.2, 0.25) is 0 Å². The molecule has 1 fully saturated rings. The summed E-state index contributed by atoms with van der Waals surface area (Å²) >= 11 is 0. The molecule has 1 aliphatic carbocycles. The second-order valence-corrected chi connectivity index (χ2v) is 11.5. The molecule has 1 rings (SSSR count). The van der Waals surface area contributed by atoms with Gasteiger partial charge in [-0.1, -0.05) is 45.4 Å². The van der Waals surface area contributed by atoms with Gasteiger partial charge in [-0.25, -0.2) is 0 Å². The molecule has 0 amide bonds. The molecule has 2 N–H and O–H groups in total. The van der Waals surface area contributed by atoms with Crippen LogP contribution in [-0.4, -0.2) is 37.8 Å². The van der Waals surface area contributed by atoms with E-state index in [1.54, 1.807) is 0 Å². The van der Waals surface area contributed by atoms with Crippen LogP contribution in [0, 0.1) is 5.92 Å². The Morgan fingerprint density at radius 2 is 1.71 bits per heavy atom. The van der Waals surface area contributed by atoms with Gasteiger partial charge in [0.25, 0.3) is 0 Å². The average molecular weight is 317 g/mol. The fourth-order valence-corrected chi connectivity index (χ4v) is 6.09. The van der Waals surface area contributed by atoms with Crippen LogP contribution >= 0.6 is 0 Å². The van der Waals surface area contributed by atoms with Crippen LogP contribution in [0.25, 0.3) is 0 Å². The molecule has 0 radical (unpaired) electrons. The Kier molecular flexibility index (Phi) is 9.10. The standard InChI is InChI=1S/C17H36O3Si/c1-4-5-6-7-8-12-21(3,20-2)13-11-15-9-10-16(18)17(19)14-15/h15-19H,4-14H2,1-3H3. The lowest BCUT2D eigenvalue weighted by Crippen LogP contribution is -2.36. The highest BCUT2D eigenvalue weighted by molar-refractivity contribution is 6.72. The van der Waals surface area contributed by atoms with E-state index in [9.17, 15) is 10.2 Å². The average Bonchev–Trinajstić information content (AvgIpc) is 2.48. The van der Waals surface area contributed by atoms with Crippen molar-refractivity contribution in [2.75, 3.05) is 7.11 Å². The highest BCUT2D eigenvalue weighted by Gasteiger charge is 2.31. The van der Waals surface area contributed by atoms with Crippen molar-refractivity contribution in [2.45, 2.75) is 95.6 Å². The molecule has 3 nitrogen and oxygen atoms in total. The van der Waals surface area contributed by atoms with E-state index in [2.05, 4.69) is 13.5 Å². The molecule has 21 heavy (non-hydrogen) atoms. The zero-order valence-corrected chi connectivity index (χ0v) is 15.3. The Labute approximate surface area is 132 Å². The zero-order chi connectivity index (χ0) is 15.7. The van der Waals surface area contributed by atoms with Crippen LogP contribution in [0.5, 0.6) is 0 Å². The Balaban J connectivity index is 2.25. The van der Waals surface area contributed by atoms with Crippen molar-refractivity contribution in [1.29, 1.82) is 0 Å². The molecule has 4 atom stereocenters. The minimum absolute atomic E-state index is 0.495. The number of rotatable bonds is 10. The van der Waals surface area contributed by atoms with Crippen LogP contribution in [-0.2, 0) is 4.43 Å². The lowest BCUT2D eigenvalue weighted by atomic mass is 9.84. The van der Waals surface area contributed by atoms with Crippen LogP contribution in [0.3, 0.4) is 0 Å². The second kappa shape index (κ2) is 9.98. The predicted octanol–water partition coefficient (Wildman–Crippen LogP) is 4.09. The lowest BCUT2D eigenvalue weighted by molar-refractivity contribution is -0.0259. The van der Waals surface area contributed by atoms with Gasteiger partial charge in [0, 0.05) is 7.11 Å². The molecule has 0 bridgehead atoms. The molecule has 1 saturated carbocycles. The van der Waals surface area contributed by atoms with Crippen molar-refractivity contribution < 1.29 is 14.6 Å². The molecule has 1 aliphatic rings. The first-order chi connectivity index (χ1) is 10.0. The third-order valence-electron chi connectivity index (χ3n) is 5.27. The summed E-state index contributed by atoms with van der Waals surface area (Å²) < 4.78 is 5.91. The van der Waals surface area contributed by atoms with Gasteiger partial charge in [-0.3, -0.25) is 0 Å². The monoisotopic (exact) mass is 316 g/mol. The Morgan fingerprint density at radius 1 is 1.00 bits per heavy atom. The summed E-state index contributed by atoms with van der Waals surface area (Å²) in [5, 5.41) is 19.4. The first kappa shape index (κ1) is 19.1. The summed E-state index contributed by atoms with van der Waals surface area (Å²) in [7, 11) is 0.336. The summed E-state index contributed by atoms with van der Waals surface area (Å²) in [4.78, 5) is 0. The molecule has 0 aromatic rings. The third-order valence-corrected chi connectivity index (χ3v) is 9.02. The number of aliphatic hydroxyl groups excluding tert-OH is 2. The molecule has 0 aromatic carbocycles. The van der Waals surface area contributed by atoms with Crippen molar-refractivity contribution >= 4 is 8.32 Å². The van der Waals surface area contributed by atoms with Gasteiger partial charge >= 0.3 is 0 Å². The molecule has 126 valence electrons. The molecule has 4 heteroatoms. The SMILES string of the molecule is CCCCCCC[Si](C)(CCC1CCC(O)C(O)C1)OC. The summed E-state index contributed by atoms with van der Waals surface area (Å²) in [6.45, 7) is 4.62. The first-order valence-corrected chi connectivity index (χ1v) is 11.7. The summed E-state index contributed by atoms with van der Waals surface area (Å²) in [6.07, 6.45) is 9.41. The first-order valence-electron chi connectivity index (χ1n) is 8.92. The van der Waals surface area contributed by atoms with Gasteiger partial charge in [0.1, 0.15) is 0 Å². The second-order valence-electron chi connectivity index (χ2n) is 7.17. The highest BCUT2D eigenvalue weighted by atomic mass is 28.4. The van der Waals surface area contributed by atoms with Crippen LogP contribution in [0.2, 0.25) is 18.6 Å². The van der Waals surface area contributed by atoms with E-state index in [1.807, 2.05) is 7.11 Å². The Bertz CT molecular complexity index is 275. The van der Waals surface area contributed by atoms with Gasteiger partial charge in [0.15, 0.2) is 8.32 Å². The maximum atomic E-state index is 9.79. The Hall–Kier alpha value is 0.0969. The largest absolute Gasteiger partial charge is 0.420 e. The van der Waals surface area contributed by atoms with Crippen LogP contribution in [0.1, 0.15) is 64.7 Å². The smallest absolute Gasteiger partial charge is 0.189 e. The van der Waals surface area contributed by atoms with E-state index in [-0.39, 0.29) is 0 Å². The number of hydrogen-bond acceptors (Lipinski definition) is 3. The molecular formula is C17H36O3Si. The van der Waals surface area contributed by atoms with Crippen LogP contribution in [0.4, 0.5) is 0 Å². The third kappa shape index (κ3) is 7.27. The van der Waals surface area contributed by atoms with E-state index < -0.39 is 20.5 Å². The molecule has 0 saturated heterocycles. The van der Waals surface area contributed by atoms with E-state index >= 15 is 0 Å². The van der Waals surface area contributed by atoms with Crippen molar-refractivity contribution in [3.05, 3.63) is 0 Å². The van der Waals surface area contributed by atoms with E-state index in [1.165, 1.54) is 44.2 Å². The van der Waals surface area contributed by atoms with E-state index in [4.69, 9.17) is 4.43 Å². The van der Waals surface area contributed by atoms with Crippen LogP contribution in [0.15, 0.2) is 0 Å². The molecular weight excluding hydrogens is 280 g/mol. The minimum atomic E-state index is -1.55. The normalized spacial score (nSPS) is 29.3. The topological polar surface area (TPSA) is 49.7 Å². The maximum Gasteiger partial charge on any atom is 0.189 e. The lowest BCUT2D eigenvalue weighted by Gasteiger charge is -2.32. The number of unbranched alkanes of at least 4 members (excludes halogenated alkanes) is 4. The summed E-state index contributed by atoms with van der Waals surface area (Å²) in [5.74, 6) is 0.575. The molecule has 4 unspecified atom stereocenters. The molecule has 0 spiro atoms. The molecule has 0 heterocycles. The van der Waals surface area contributed by atoms with Crippen molar-refractivity contribution in [1.82, 2.24) is 0 Å². The Morgan fingerprint density at radius 3 is 2.33 bits per heavy atom. The predicted molar refractivity (Wildman–Crippen MR) is 91.0 cm³/mol. The van der Waals surface area contributed by atoms with Gasteiger partial charge in [-0.15, -0.1) is 0 Å². The fourth-order valence-electron chi connectivity index (χ4n) is 3.42. The van der Waals surface area contributed by atoms with Gasteiger partial charge in [-0.05, 0) is 43.8 Å². The number of aliphatic hydroxyl groups is 2. The number of hydrogen-bond donors (Lipinski definition) is 2. The van der Waals surface area contributed by atoms with Crippen molar-refractivity contribution in [3.8, 4) is 0 Å². The van der Waals surface area contributed by atoms with Gasteiger partial charge in [-0.2, -0.15) is 0 Å². The van der Waals surface area contributed by atoms with E-state index in [0.717, 1.165) is 25.7 Å². The maximum absolute atomic E-state index is 9.79. The quantitative estimate of drug-likeness (QED) is 0.471. The van der Waals surface area contributed by atoms with Gasteiger partial charge < -0.3 is 14.6 Å². The zero-order valence-electron chi connectivity index (χ0n) is 14.3. The minimum Gasteiger partial charge on any atom is -0.420 e. The van der Waals surface area contributed by atoms with Crippen LogP contribution < -0.4 is 0 Å². The summed E-state index contributed by atoms with van der Waals surface area (Å²) in [6, 6.07) is 2.47. The van der Waals surface area contributed by atoms with Gasteiger partial charge in [0.05, 0.1) is 12.2 Å². The van der Waals surface area contributed by atoms with Crippen molar-refractivity contribution in [2.24, 2.45) is 5.92 Å². The van der Waals surface area contributed by atoms with Crippen molar-refractivity contribution in [3.63, 3.8) is 0 Å². The summed E-state index contributed by atoms with van der Waals surface area (Å²) in [5.41, 5.74) is 0. The molecule has 0 aromatic heterocycles.